The van der Waals surface area contributed by atoms with E-state index in [0.29, 0.717) is 5.56 Å². The number of hydrogen-bond donors (Lipinski definition) is 1. The molecule has 1 atom stereocenters. The van der Waals surface area contributed by atoms with E-state index in [-0.39, 0.29) is 17.2 Å². The summed E-state index contributed by atoms with van der Waals surface area (Å²) in [5.74, 6) is -1.01. The van der Waals surface area contributed by atoms with E-state index >= 15 is 0 Å². The molecule has 0 aromatic carbocycles. The van der Waals surface area contributed by atoms with Crippen molar-refractivity contribution in [2.75, 3.05) is 0 Å². The summed E-state index contributed by atoms with van der Waals surface area (Å²) >= 11 is 0. The second-order valence-electron chi connectivity index (χ2n) is 5.52. The van der Waals surface area contributed by atoms with Crippen LogP contribution in [0.5, 0.6) is 0 Å². The van der Waals surface area contributed by atoms with Crippen molar-refractivity contribution in [1.82, 2.24) is 4.98 Å². The molecule has 0 aliphatic heterocycles. The van der Waals surface area contributed by atoms with Crippen LogP contribution < -0.4 is 0 Å². The first-order valence-corrected chi connectivity index (χ1v) is 8.29. The maximum Gasteiger partial charge on any atom is 0.354 e. The lowest BCUT2D eigenvalue weighted by molar-refractivity contribution is 0.0652. The van der Waals surface area contributed by atoms with E-state index < -0.39 is 15.0 Å². The average molecular weight is 266 g/mol. The van der Waals surface area contributed by atoms with Crippen LogP contribution in [-0.4, -0.2) is 25.1 Å². The minimum Gasteiger partial charge on any atom is -0.477 e. The predicted octanol–water partition coefficient (Wildman–Crippen LogP) is 3.13. The highest BCUT2D eigenvalue weighted by Gasteiger charge is 2.31. The van der Waals surface area contributed by atoms with Gasteiger partial charge in [-0.3, -0.25) is 0 Å². The van der Waals surface area contributed by atoms with Crippen LogP contribution in [0, 0.1) is 5.41 Å². The van der Waals surface area contributed by atoms with Gasteiger partial charge in [0.15, 0.2) is 5.69 Å². The van der Waals surface area contributed by atoms with Gasteiger partial charge < -0.3 is 9.53 Å². The smallest absolute Gasteiger partial charge is 0.354 e. The summed E-state index contributed by atoms with van der Waals surface area (Å²) in [5.41, 5.74) is 0.569. The monoisotopic (exact) mass is 266 g/mol. The van der Waals surface area contributed by atoms with Crippen LogP contribution in [0.15, 0.2) is 18.3 Å². The Kier molecular flexibility index (Phi) is 4.64. The molecule has 0 saturated carbocycles. The summed E-state index contributed by atoms with van der Waals surface area (Å²) in [5, 5.41) is 9.20. The first-order valence-electron chi connectivity index (χ1n) is 5.88. The fraction of sp³-hybridized carbons (Fsp3) is 0.538. The number of carbonyl (C=O) groups is 1. The summed E-state index contributed by atoms with van der Waals surface area (Å²) in [4.78, 5) is 15.2. The van der Waals surface area contributed by atoms with Crippen LogP contribution in [0.3, 0.4) is 0 Å². The van der Waals surface area contributed by atoms with Crippen LogP contribution in [-0.2, 0) is 4.43 Å². The Morgan fingerprint density at radius 3 is 2.50 bits per heavy atom. The van der Waals surface area contributed by atoms with Crippen molar-refractivity contribution < 1.29 is 14.3 Å². The predicted molar refractivity (Wildman–Crippen MR) is 72.0 cm³/mol. The van der Waals surface area contributed by atoms with Crippen molar-refractivity contribution in [2.45, 2.75) is 40.0 Å². The van der Waals surface area contributed by atoms with E-state index in [2.05, 4.69) is 4.98 Å². The first kappa shape index (κ1) is 14.9. The molecule has 1 aromatic rings. The molecule has 0 saturated heterocycles. The Morgan fingerprint density at radius 1 is 1.44 bits per heavy atom. The van der Waals surface area contributed by atoms with Gasteiger partial charge >= 0.3 is 5.97 Å². The highest BCUT2D eigenvalue weighted by Crippen LogP contribution is 2.37. The van der Waals surface area contributed by atoms with Crippen LogP contribution in [0.4, 0.5) is 0 Å². The Morgan fingerprint density at radius 2 is 2.06 bits per heavy atom. The lowest BCUT2D eigenvalue weighted by atomic mass is 9.84. The van der Waals surface area contributed by atoms with E-state index in [1.807, 2.05) is 33.9 Å². The maximum absolute atomic E-state index is 11.2. The first-order chi connectivity index (χ1) is 8.23. The average Bonchev–Trinajstić information content (AvgIpc) is 2.24. The van der Waals surface area contributed by atoms with Crippen LogP contribution in [0.1, 0.15) is 42.9 Å². The highest BCUT2D eigenvalue weighted by molar-refractivity contribution is 6.48. The van der Waals surface area contributed by atoms with Gasteiger partial charge in [0.2, 0.25) is 9.04 Å². The summed E-state index contributed by atoms with van der Waals surface area (Å²) < 4.78 is 5.99. The molecule has 0 amide bonds. The van der Waals surface area contributed by atoms with Gasteiger partial charge in [-0.05, 0) is 24.6 Å². The number of carboxylic acid groups (broad SMARTS) is 1. The zero-order chi connectivity index (χ0) is 13.9. The molecule has 4 nitrogen and oxygen atoms in total. The molecule has 1 heterocycles. The minimum atomic E-state index is -1.01. The summed E-state index contributed by atoms with van der Waals surface area (Å²) in [6.07, 6.45) is 1.25. The van der Waals surface area contributed by atoms with Gasteiger partial charge in [0, 0.05) is 11.8 Å². The van der Waals surface area contributed by atoms with Crippen LogP contribution in [0.2, 0.25) is 13.1 Å². The van der Waals surface area contributed by atoms with Crippen molar-refractivity contribution in [1.29, 1.82) is 0 Å². The maximum atomic E-state index is 11.2. The zero-order valence-corrected chi connectivity index (χ0v) is 12.5. The second-order valence-corrected chi connectivity index (χ2v) is 7.57. The van der Waals surface area contributed by atoms with Crippen molar-refractivity contribution in [3.63, 3.8) is 0 Å². The van der Waals surface area contributed by atoms with Gasteiger partial charge in [-0.2, -0.15) is 0 Å². The van der Waals surface area contributed by atoms with Gasteiger partial charge in [0.05, 0.1) is 6.10 Å². The standard InChI is InChI=1S/C13H20NO3Si/c1-13(2,3)11(17-18(4)5)9-7-6-8-14-10(9)12(15)16/h6-8,11H,1-5H3,(H,15,16). The Bertz CT molecular complexity index is 426. The number of pyridine rings is 1. The SMILES string of the molecule is C[Si](C)OC(c1cccnc1C(=O)O)C(C)(C)C. The fourth-order valence-corrected chi connectivity index (χ4v) is 2.70. The Hall–Kier alpha value is -1.20. The molecule has 0 spiro atoms. The normalized spacial score (nSPS) is 13.7. The molecule has 1 aromatic heterocycles. The highest BCUT2D eigenvalue weighted by atomic mass is 28.3. The van der Waals surface area contributed by atoms with E-state index in [1.54, 1.807) is 12.1 Å². The largest absolute Gasteiger partial charge is 0.477 e. The van der Waals surface area contributed by atoms with Crippen molar-refractivity contribution in [3.8, 4) is 0 Å². The summed E-state index contributed by atoms with van der Waals surface area (Å²) in [6.45, 7) is 10.2. The summed E-state index contributed by atoms with van der Waals surface area (Å²) in [7, 11) is -0.925. The van der Waals surface area contributed by atoms with Gasteiger partial charge in [0.1, 0.15) is 0 Å². The molecule has 1 N–H and O–H groups in total. The molecule has 1 unspecified atom stereocenters. The quantitative estimate of drug-likeness (QED) is 0.851. The Labute approximate surface area is 110 Å². The number of rotatable bonds is 4. The molecule has 1 rings (SSSR count). The lowest BCUT2D eigenvalue weighted by Crippen LogP contribution is -2.27. The number of nitrogens with zero attached hydrogens (tertiary/aromatic N) is 1. The van der Waals surface area contributed by atoms with Gasteiger partial charge in [0.25, 0.3) is 0 Å². The topological polar surface area (TPSA) is 59.4 Å². The third kappa shape index (κ3) is 3.65. The molecule has 0 aliphatic rings. The number of aromatic carboxylic acids is 1. The van der Waals surface area contributed by atoms with Crippen LogP contribution in [0.25, 0.3) is 0 Å². The van der Waals surface area contributed by atoms with Crippen molar-refractivity contribution >= 4 is 15.0 Å². The van der Waals surface area contributed by atoms with Gasteiger partial charge in [-0.15, -0.1) is 0 Å². The Balaban J connectivity index is 3.25. The van der Waals surface area contributed by atoms with Gasteiger partial charge in [-0.1, -0.05) is 26.8 Å². The lowest BCUT2D eigenvalue weighted by Gasteiger charge is -2.33. The molecule has 1 radical (unpaired) electrons. The fourth-order valence-electron chi connectivity index (χ4n) is 1.75. The van der Waals surface area contributed by atoms with E-state index in [0.717, 1.165) is 0 Å². The van der Waals surface area contributed by atoms with Crippen LogP contribution >= 0.6 is 0 Å². The molecule has 18 heavy (non-hydrogen) atoms. The van der Waals surface area contributed by atoms with E-state index in [4.69, 9.17) is 4.43 Å². The minimum absolute atomic E-state index is 0.0840. The third-order valence-electron chi connectivity index (χ3n) is 2.46. The molecule has 0 fully saturated rings. The molecule has 0 aliphatic carbocycles. The third-order valence-corrected chi connectivity index (χ3v) is 3.17. The number of hydrogen-bond acceptors (Lipinski definition) is 3. The molecule has 5 heteroatoms. The van der Waals surface area contributed by atoms with Crippen molar-refractivity contribution in [2.24, 2.45) is 5.41 Å². The second kappa shape index (κ2) is 5.62. The molecule has 0 bridgehead atoms. The number of carboxylic acids is 1. The molecule has 99 valence electrons. The van der Waals surface area contributed by atoms with Gasteiger partial charge in [-0.25, -0.2) is 9.78 Å². The zero-order valence-electron chi connectivity index (χ0n) is 11.5. The molecular weight excluding hydrogens is 246 g/mol. The van der Waals surface area contributed by atoms with E-state index in [9.17, 15) is 9.90 Å². The summed E-state index contributed by atoms with van der Waals surface area (Å²) in [6, 6.07) is 3.54. The van der Waals surface area contributed by atoms with Crippen molar-refractivity contribution in [3.05, 3.63) is 29.6 Å². The number of aromatic nitrogens is 1. The molecular formula is C13H20NO3Si. The van der Waals surface area contributed by atoms with E-state index in [1.165, 1.54) is 6.20 Å².